The van der Waals surface area contributed by atoms with E-state index in [4.69, 9.17) is 0 Å². The summed E-state index contributed by atoms with van der Waals surface area (Å²) < 4.78 is 0. The first-order valence-electron chi connectivity index (χ1n) is 5.09. The molecule has 15 heavy (non-hydrogen) atoms. The standard InChI is InChI=1S/C13H18N2/c1-6-15-11-8-7-10(13(2,3)4)9-12(11)14-5/h6-9H,5H2,1-4H3/b15-6-. The molecule has 1 aromatic carbocycles. The minimum atomic E-state index is 0.133. The predicted molar refractivity (Wildman–Crippen MR) is 68.2 cm³/mol. The number of benzene rings is 1. The molecule has 0 saturated carbocycles. The number of nitrogens with zero attached hydrogens (tertiary/aromatic N) is 2. The summed E-state index contributed by atoms with van der Waals surface area (Å²) in [6.07, 6.45) is 1.76. The lowest BCUT2D eigenvalue weighted by atomic mass is 9.86. The van der Waals surface area contributed by atoms with E-state index in [0.29, 0.717) is 0 Å². The molecule has 0 atom stereocenters. The molecular weight excluding hydrogens is 184 g/mol. The van der Waals surface area contributed by atoms with Crippen LogP contribution in [0.1, 0.15) is 33.3 Å². The molecule has 0 heterocycles. The van der Waals surface area contributed by atoms with E-state index in [-0.39, 0.29) is 5.41 Å². The van der Waals surface area contributed by atoms with Gasteiger partial charge in [-0.2, -0.15) is 0 Å². The highest BCUT2D eigenvalue weighted by Crippen LogP contribution is 2.33. The van der Waals surface area contributed by atoms with Crippen molar-refractivity contribution >= 4 is 24.3 Å². The first-order valence-corrected chi connectivity index (χ1v) is 5.09. The van der Waals surface area contributed by atoms with Crippen molar-refractivity contribution in [3.05, 3.63) is 23.8 Å². The molecule has 0 aliphatic carbocycles. The molecule has 1 rings (SSSR count). The van der Waals surface area contributed by atoms with Crippen LogP contribution in [0.2, 0.25) is 0 Å². The maximum atomic E-state index is 4.24. The van der Waals surface area contributed by atoms with Gasteiger partial charge < -0.3 is 0 Å². The second kappa shape index (κ2) is 4.39. The Balaban J connectivity index is 3.25. The van der Waals surface area contributed by atoms with Gasteiger partial charge in [-0.05, 0) is 36.8 Å². The van der Waals surface area contributed by atoms with Gasteiger partial charge in [-0.1, -0.05) is 26.8 Å². The third-order valence-electron chi connectivity index (χ3n) is 2.28. The van der Waals surface area contributed by atoms with Gasteiger partial charge in [0, 0.05) is 6.21 Å². The highest BCUT2D eigenvalue weighted by molar-refractivity contribution is 5.71. The van der Waals surface area contributed by atoms with Gasteiger partial charge in [0.15, 0.2) is 0 Å². The van der Waals surface area contributed by atoms with Crippen LogP contribution >= 0.6 is 0 Å². The Kier molecular flexibility index (Phi) is 3.40. The van der Waals surface area contributed by atoms with Gasteiger partial charge in [-0.3, -0.25) is 9.98 Å². The summed E-state index contributed by atoms with van der Waals surface area (Å²) >= 11 is 0. The van der Waals surface area contributed by atoms with E-state index >= 15 is 0 Å². The molecule has 80 valence electrons. The molecule has 0 saturated heterocycles. The first kappa shape index (κ1) is 11.6. The second-order valence-corrected chi connectivity index (χ2v) is 4.50. The number of rotatable bonds is 2. The lowest BCUT2D eigenvalue weighted by Gasteiger charge is -2.19. The van der Waals surface area contributed by atoms with Crippen LogP contribution in [0.25, 0.3) is 0 Å². The van der Waals surface area contributed by atoms with Crippen LogP contribution in [0, 0.1) is 0 Å². The zero-order valence-corrected chi connectivity index (χ0v) is 9.91. The maximum Gasteiger partial charge on any atom is 0.0881 e. The van der Waals surface area contributed by atoms with Gasteiger partial charge in [0.2, 0.25) is 0 Å². The second-order valence-electron chi connectivity index (χ2n) is 4.50. The third-order valence-corrected chi connectivity index (χ3v) is 2.28. The molecule has 0 aliphatic heterocycles. The summed E-state index contributed by atoms with van der Waals surface area (Å²) in [5, 5.41) is 0. The molecule has 0 fully saturated rings. The van der Waals surface area contributed by atoms with Crippen LogP contribution in [-0.2, 0) is 5.41 Å². The molecule has 0 unspecified atom stereocenters. The van der Waals surface area contributed by atoms with E-state index < -0.39 is 0 Å². The first-order chi connectivity index (χ1) is 6.99. The Bertz CT molecular complexity index is 384. The van der Waals surface area contributed by atoms with E-state index in [0.717, 1.165) is 11.4 Å². The number of aliphatic imine (C=N–C) groups is 2. The fraction of sp³-hybridized carbons (Fsp3) is 0.385. The molecule has 0 amide bonds. The van der Waals surface area contributed by atoms with Gasteiger partial charge in [0.1, 0.15) is 0 Å². The zero-order valence-electron chi connectivity index (χ0n) is 9.91. The topological polar surface area (TPSA) is 24.7 Å². The van der Waals surface area contributed by atoms with Gasteiger partial charge >= 0.3 is 0 Å². The molecule has 0 radical (unpaired) electrons. The Morgan fingerprint density at radius 2 is 1.87 bits per heavy atom. The van der Waals surface area contributed by atoms with Crippen molar-refractivity contribution in [2.75, 3.05) is 0 Å². The van der Waals surface area contributed by atoms with Crippen LogP contribution in [0.4, 0.5) is 11.4 Å². The van der Waals surface area contributed by atoms with Crippen molar-refractivity contribution in [2.45, 2.75) is 33.1 Å². The molecule has 2 heteroatoms. The van der Waals surface area contributed by atoms with Crippen molar-refractivity contribution < 1.29 is 0 Å². The monoisotopic (exact) mass is 202 g/mol. The smallest absolute Gasteiger partial charge is 0.0881 e. The van der Waals surface area contributed by atoms with E-state index in [1.165, 1.54) is 5.56 Å². The summed E-state index contributed by atoms with van der Waals surface area (Å²) in [6.45, 7) is 12.0. The molecule has 0 spiro atoms. The molecule has 2 nitrogen and oxygen atoms in total. The van der Waals surface area contributed by atoms with Crippen LogP contribution < -0.4 is 0 Å². The minimum Gasteiger partial charge on any atom is -0.262 e. The molecule has 0 bridgehead atoms. The average molecular weight is 202 g/mol. The maximum absolute atomic E-state index is 4.24. The molecule has 0 aliphatic rings. The number of hydrogen-bond acceptors (Lipinski definition) is 2. The molecule has 0 aromatic heterocycles. The highest BCUT2D eigenvalue weighted by atomic mass is 14.8. The fourth-order valence-electron chi connectivity index (χ4n) is 1.36. The van der Waals surface area contributed by atoms with E-state index in [2.05, 4.69) is 49.6 Å². The third kappa shape index (κ3) is 2.75. The lowest BCUT2D eigenvalue weighted by molar-refractivity contribution is 0.590. The van der Waals surface area contributed by atoms with Crippen LogP contribution in [0.3, 0.4) is 0 Å². The van der Waals surface area contributed by atoms with Crippen molar-refractivity contribution in [2.24, 2.45) is 9.98 Å². The summed E-state index contributed by atoms with van der Waals surface area (Å²) in [7, 11) is 0. The Morgan fingerprint density at radius 3 is 2.33 bits per heavy atom. The van der Waals surface area contributed by atoms with Crippen LogP contribution in [0.15, 0.2) is 28.2 Å². The van der Waals surface area contributed by atoms with E-state index in [1.54, 1.807) is 6.21 Å². The fourth-order valence-corrected chi connectivity index (χ4v) is 1.36. The van der Waals surface area contributed by atoms with Crippen LogP contribution in [-0.4, -0.2) is 12.9 Å². The Hall–Kier alpha value is -1.44. The van der Waals surface area contributed by atoms with E-state index in [1.807, 2.05) is 13.0 Å². The summed E-state index contributed by atoms with van der Waals surface area (Å²) in [5.74, 6) is 0. The average Bonchev–Trinajstić information content (AvgIpc) is 2.17. The van der Waals surface area contributed by atoms with Gasteiger partial charge in [0.05, 0.1) is 11.4 Å². The lowest BCUT2D eigenvalue weighted by Crippen LogP contribution is -2.10. The zero-order chi connectivity index (χ0) is 11.5. The van der Waals surface area contributed by atoms with Gasteiger partial charge in [-0.25, -0.2) is 0 Å². The Labute approximate surface area is 91.8 Å². The molecule has 1 aromatic rings. The highest BCUT2D eigenvalue weighted by Gasteiger charge is 2.14. The normalized spacial score (nSPS) is 12.0. The quantitative estimate of drug-likeness (QED) is 0.647. The van der Waals surface area contributed by atoms with Crippen LogP contribution in [0.5, 0.6) is 0 Å². The SMILES string of the molecule is C=Nc1cc(C(C)(C)C)ccc1/N=C\C. The summed E-state index contributed by atoms with van der Waals surface area (Å²) in [4.78, 5) is 8.24. The number of hydrogen-bond donors (Lipinski definition) is 0. The molecular formula is C13H18N2. The molecule has 0 N–H and O–H groups in total. The van der Waals surface area contributed by atoms with Gasteiger partial charge in [0.25, 0.3) is 0 Å². The minimum absolute atomic E-state index is 0.133. The van der Waals surface area contributed by atoms with Crippen molar-refractivity contribution in [3.8, 4) is 0 Å². The van der Waals surface area contributed by atoms with Crippen molar-refractivity contribution in [1.82, 2.24) is 0 Å². The van der Waals surface area contributed by atoms with Crippen molar-refractivity contribution in [3.63, 3.8) is 0 Å². The Morgan fingerprint density at radius 1 is 1.20 bits per heavy atom. The van der Waals surface area contributed by atoms with Gasteiger partial charge in [-0.15, -0.1) is 0 Å². The predicted octanol–water partition coefficient (Wildman–Crippen LogP) is 4.04. The summed E-state index contributed by atoms with van der Waals surface area (Å²) in [5.41, 5.74) is 3.11. The largest absolute Gasteiger partial charge is 0.262 e. The van der Waals surface area contributed by atoms with E-state index in [9.17, 15) is 0 Å². The summed E-state index contributed by atoms with van der Waals surface area (Å²) in [6, 6.07) is 6.14. The van der Waals surface area contributed by atoms with Crippen molar-refractivity contribution in [1.29, 1.82) is 0 Å².